The zero-order valence-electron chi connectivity index (χ0n) is 7.24. The molecule has 0 aliphatic rings. The molecule has 0 radical (unpaired) electrons. The second-order valence-corrected chi connectivity index (χ2v) is 9.30. The molecule has 2 N–H and O–H groups in total. The van der Waals surface area contributed by atoms with Gasteiger partial charge < -0.3 is 4.52 Å². The molecule has 5 heteroatoms. The van der Waals surface area contributed by atoms with Crippen molar-refractivity contribution in [2.24, 2.45) is 11.4 Å². The normalized spacial score (nSPS) is 16.8. The summed E-state index contributed by atoms with van der Waals surface area (Å²) in [4.78, 5) is 0. The Morgan fingerprint density at radius 2 is 2.18 bits per heavy atom. The van der Waals surface area contributed by atoms with Crippen molar-refractivity contribution in [3.63, 3.8) is 0 Å². The summed E-state index contributed by atoms with van der Waals surface area (Å²) in [6.07, 6.45) is 0. The Bertz CT molecular complexity index is 152. The third-order valence-electron chi connectivity index (χ3n) is 0.897. The minimum atomic E-state index is -2.00. The molecule has 0 fully saturated rings. The molecule has 2 nitrogen and oxygen atoms in total. The van der Waals surface area contributed by atoms with Crippen LogP contribution in [0.3, 0.4) is 0 Å². The van der Waals surface area contributed by atoms with Crippen LogP contribution in [0.15, 0.2) is 0 Å². The van der Waals surface area contributed by atoms with E-state index in [1.54, 1.807) is 11.4 Å². The molecule has 0 amide bonds. The Morgan fingerprint density at radius 1 is 1.64 bits per heavy atom. The zero-order valence-corrected chi connectivity index (χ0v) is 9.77. The molecule has 0 bridgehead atoms. The molecule has 0 aromatic rings. The molecule has 0 aromatic carbocycles. The molecule has 0 heterocycles. The van der Waals surface area contributed by atoms with Gasteiger partial charge in [-0.25, -0.2) is 0 Å². The van der Waals surface area contributed by atoms with Crippen LogP contribution in [0, 0.1) is 5.92 Å². The van der Waals surface area contributed by atoms with Crippen LogP contribution in [0.1, 0.15) is 20.8 Å². The van der Waals surface area contributed by atoms with Crippen molar-refractivity contribution in [2.45, 2.75) is 20.8 Å². The second-order valence-electron chi connectivity index (χ2n) is 2.65. The van der Waals surface area contributed by atoms with Crippen LogP contribution in [0.2, 0.25) is 0 Å². The molecular weight excluding hydrogens is 197 g/mol. The average molecular weight is 213 g/mol. The molecule has 0 rings (SSSR count). The van der Waals surface area contributed by atoms with Gasteiger partial charge in [-0.3, -0.25) is 5.50 Å². The summed E-state index contributed by atoms with van der Waals surface area (Å²) in [7, 11) is 0. The number of rotatable bonds is 5. The van der Waals surface area contributed by atoms with Gasteiger partial charge >= 0.3 is 0 Å². The third kappa shape index (κ3) is 7.29. The van der Waals surface area contributed by atoms with Crippen molar-refractivity contribution < 1.29 is 4.52 Å². The van der Waals surface area contributed by atoms with Crippen LogP contribution >= 0.6 is 17.0 Å². The number of nitrogens with two attached hydrogens (primary N) is 1. The first kappa shape index (κ1) is 11.9. The quantitative estimate of drug-likeness (QED) is 0.712. The van der Waals surface area contributed by atoms with Crippen LogP contribution in [0.5, 0.6) is 0 Å². The monoisotopic (exact) mass is 213 g/mol. The van der Waals surface area contributed by atoms with Gasteiger partial charge in [0.15, 0.2) is 5.62 Å². The molecule has 0 saturated carbocycles. The molecule has 0 aliphatic carbocycles. The van der Waals surface area contributed by atoms with Gasteiger partial charge in [-0.1, -0.05) is 25.2 Å². The van der Waals surface area contributed by atoms with Gasteiger partial charge in [-0.2, -0.15) is 0 Å². The minimum absolute atomic E-state index is 0.624. The van der Waals surface area contributed by atoms with Crippen molar-refractivity contribution in [2.75, 3.05) is 12.4 Å². The maximum atomic E-state index is 5.74. The molecule has 11 heavy (non-hydrogen) atoms. The Morgan fingerprint density at radius 3 is 2.55 bits per heavy atom. The van der Waals surface area contributed by atoms with Crippen LogP contribution in [-0.4, -0.2) is 12.4 Å². The van der Waals surface area contributed by atoms with E-state index in [4.69, 9.17) is 21.8 Å². The van der Waals surface area contributed by atoms with E-state index in [9.17, 15) is 0 Å². The lowest BCUT2D eigenvalue weighted by Gasteiger charge is -2.15. The predicted molar refractivity (Wildman–Crippen MR) is 57.4 cm³/mol. The highest BCUT2D eigenvalue weighted by Gasteiger charge is 2.11. The molecule has 0 aromatic heterocycles. The van der Waals surface area contributed by atoms with E-state index in [1.807, 2.05) is 6.92 Å². The van der Waals surface area contributed by atoms with Crippen LogP contribution < -0.4 is 5.50 Å². The van der Waals surface area contributed by atoms with Gasteiger partial charge in [0.25, 0.3) is 0 Å². The maximum Gasteiger partial charge on any atom is 0.183 e. The van der Waals surface area contributed by atoms with Crippen molar-refractivity contribution in [3.05, 3.63) is 0 Å². The standard InChI is InChI=1S/C6H16NOPS2/c1-4-8-9(7,10)11-5-6(2)3/h6H,4-5H2,1-3H3,(H2,7,10). The first-order chi connectivity index (χ1) is 4.98. The maximum absolute atomic E-state index is 5.74. The number of hydrogen-bond acceptors (Lipinski definition) is 3. The van der Waals surface area contributed by atoms with Gasteiger partial charge in [0.2, 0.25) is 0 Å². The van der Waals surface area contributed by atoms with Crippen LogP contribution in [0.25, 0.3) is 0 Å². The highest BCUT2D eigenvalue weighted by atomic mass is 32.9. The first-order valence-corrected chi connectivity index (χ1v) is 8.03. The van der Waals surface area contributed by atoms with Gasteiger partial charge in [0, 0.05) is 5.75 Å². The summed E-state index contributed by atoms with van der Waals surface area (Å²) in [6, 6.07) is 0. The van der Waals surface area contributed by atoms with Crippen molar-refractivity contribution in [3.8, 4) is 0 Å². The summed E-state index contributed by atoms with van der Waals surface area (Å²) in [6.45, 7) is 6.84. The van der Waals surface area contributed by atoms with Crippen LogP contribution in [0.4, 0.5) is 0 Å². The van der Waals surface area contributed by atoms with E-state index in [1.165, 1.54) is 0 Å². The van der Waals surface area contributed by atoms with Gasteiger partial charge in [0.05, 0.1) is 6.61 Å². The Labute approximate surface area is 78.2 Å². The third-order valence-corrected chi connectivity index (χ3v) is 5.80. The van der Waals surface area contributed by atoms with E-state index in [-0.39, 0.29) is 0 Å². The van der Waals surface area contributed by atoms with Crippen LogP contribution in [-0.2, 0) is 16.3 Å². The molecule has 0 spiro atoms. The van der Waals surface area contributed by atoms with E-state index in [0.717, 1.165) is 5.75 Å². The lowest BCUT2D eigenvalue weighted by Crippen LogP contribution is -1.99. The van der Waals surface area contributed by atoms with Gasteiger partial charge in [-0.05, 0) is 24.6 Å². The zero-order chi connectivity index (χ0) is 8.91. The molecule has 1 atom stereocenters. The average Bonchev–Trinajstić information content (AvgIpc) is 1.84. The predicted octanol–water partition coefficient (Wildman–Crippen LogP) is 2.60. The molecular formula is C6H16NOPS2. The highest BCUT2D eigenvalue weighted by molar-refractivity contribution is 8.68. The Kier molecular flexibility index (Phi) is 6.01. The summed E-state index contributed by atoms with van der Waals surface area (Å²) in [5.74, 6) is 1.62. The molecule has 68 valence electrons. The van der Waals surface area contributed by atoms with Crippen molar-refractivity contribution in [1.82, 2.24) is 0 Å². The Balaban J connectivity index is 3.64. The lowest BCUT2D eigenvalue weighted by molar-refractivity contribution is 0.385. The van der Waals surface area contributed by atoms with Gasteiger partial charge in [0.1, 0.15) is 0 Å². The van der Waals surface area contributed by atoms with E-state index in [2.05, 4.69) is 13.8 Å². The highest BCUT2D eigenvalue weighted by Crippen LogP contribution is 2.52. The van der Waals surface area contributed by atoms with E-state index < -0.39 is 5.62 Å². The molecule has 0 aliphatic heterocycles. The largest absolute Gasteiger partial charge is 0.331 e. The fourth-order valence-electron chi connectivity index (χ4n) is 0.470. The summed E-state index contributed by atoms with van der Waals surface area (Å²) in [5, 5.41) is 0. The lowest BCUT2D eigenvalue weighted by atomic mass is 10.3. The van der Waals surface area contributed by atoms with Crippen molar-refractivity contribution in [1.29, 1.82) is 0 Å². The summed E-state index contributed by atoms with van der Waals surface area (Å²) >= 11 is 6.68. The topological polar surface area (TPSA) is 35.2 Å². The Hall–Kier alpha value is 0.920. The summed E-state index contributed by atoms with van der Waals surface area (Å²) in [5.41, 5.74) is 3.75. The van der Waals surface area contributed by atoms with Gasteiger partial charge in [-0.15, -0.1) is 0 Å². The smallest absolute Gasteiger partial charge is 0.183 e. The fourth-order valence-corrected chi connectivity index (χ4v) is 4.33. The minimum Gasteiger partial charge on any atom is -0.331 e. The van der Waals surface area contributed by atoms with Crippen molar-refractivity contribution >= 4 is 28.8 Å². The summed E-state index contributed by atoms with van der Waals surface area (Å²) < 4.78 is 5.25. The second kappa shape index (κ2) is 5.55. The first-order valence-electron chi connectivity index (χ1n) is 3.65. The fraction of sp³-hybridized carbons (Fsp3) is 1.00. The molecule has 1 unspecified atom stereocenters. The molecule has 0 saturated heterocycles. The van der Waals surface area contributed by atoms with E-state index in [0.29, 0.717) is 12.5 Å². The number of hydrogen-bond donors (Lipinski definition) is 1. The van der Waals surface area contributed by atoms with E-state index >= 15 is 0 Å². The SMILES string of the molecule is CCOP(N)(=S)SCC(C)C.